The number of nitrogen functional groups attached to an aromatic ring is 1. The molecule has 1 fully saturated rings. The van der Waals surface area contributed by atoms with Crippen molar-refractivity contribution in [1.82, 2.24) is 4.90 Å². The zero-order chi connectivity index (χ0) is 10.7. The predicted octanol–water partition coefficient (Wildman–Crippen LogP) is 1.41. The molecule has 0 bridgehead atoms. The third kappa shape index (κ3) is 2.42. The largest absolute Gasteiger partial charge is 0.397 e. The van der Waals surface area contributed by atoms with E-state index in [4.69, 9.17) is 5.73 Å². The molecule has 0 aromatic heterocycles. The van der Waals surface area contributed by atoms with E-state index in [-0.39, 0.29) is 0 Å². The standard InChI is InChI=1S/C12H19N3/c1-14-7-4-8-15(10-9-14)12-6-3-2-5-11(12)13/h2-3,5-6H,4,7-10,13H2,1H3. The minimum absolute atomic E-state index is 0.891. The van der Waals surface area contributed by atoms with Gasteiger partial charge in [-0.25, -0.2) is 0 Å². The van der Waals surface area contributed by atoms with Crippen molar-refractivity contribution >= 4 is 11.4 Å². The molecule has 0 saturated carbocycles. The van der Waals surface area contributed by atoms with E-state index in [1.165, 1.54) is 18.7 Å². The summed E-state index contributed by atoms with van der Waals surface area (Å²) in [5, 5.41) is 0. The first kappa shape index (κ1) is 10.3. The first-order valence-electron chi connectivity index (χ1n) is 5.55. The van der Waals surface area contributed by atoms with Crippen molar-refractivity contribution in [2.75, 3.05) is 43.9 Å². The lowest BCUT2D eigenvalue weighted by Gasteiger charge is -2.24. The van der Waals surface area contributed by atoms with E-state index in [9.17, 15) is 0 Å². The number of hydrogen-bond acceptors (Lipinski definition) is 3. The van der Waals surface area contributed by atoms with Gasteiger partial charge in [0.15, 0.2) is 0 Å². The molecule has 1 aliphatic heterocycles. The normalized spacial score (nSPS) is 18.9. The Bertz CT molecular complexity index is 324. The van der Waals surface area contributed by atoms with Crippen LogP contribution in [0.2, 0.25) is 0 Å². The minimum Gasteiger partial charge on any atom is -0.397 e. The van der Waals surface area contributed by atoms with Crippen molar-refractivity contribution in [3.05, 3.63) is 24.3 Å². The molecule has 3 heteroatoms. The number of para-hydroxylation sites is 2. The van der Waals surface area contributed by atoms with Gasteiger partial charge in [-0.1, -0.05) is 12.1 Å². The lowest BCUT2D eigenvalue weighted by atomic mass is 10.2. The van der Waals surface area contributed by atoms with Crippen molar-refractivity contribution in [2.45, 2.75) is 6.42 Å². The molecule has 1 aliphatic rings. The molecule has 0 unspecified atom stereocenters. The molecule has 2 rings (SSSR count). The zero-order valence-corrected chi connectivity index (χ0v) is 9.32. The molecule has 1 aromatic carbocycles. The second-order valence-electron chi connectivity index (χ2n) is 4.20. The molecule has 0 aliphatic carbocycles. The lowest BCUT2D eigenvalue weighted by Crippen LogP contribution is -2.29. The molecule has 0 amide bonds. The minimum atomic E-state index is 0.891. The van der Waals surface area contributed by atoms with Crippen molar-refractivity contribution in [3.63, 3.8) is 0 Å². The molecule has 1 saturated heterocycles. The Kier molecular flexibility index (Phi) is 3.11. The maximum atomic E-state index is 5.98. The molecule has 0 atom stereocenters. The Labute approximate surface area is 91.5 Å². The predicted molar refractivity (Wildman–Crippen MR) is 65.2 cm³/mol. The number of rotatable bonds is 1. The van der Waals surface area contributed by atoms with Crippen LogP contribution in [0.5, 0.6) is 0 Å². The maximum absolute atomic E-state index is 5.98. The fourth-order valence-electron chi connectivity index (χ4n) is 2.06. The topological polar surface area (TPSA) is 32.5 Å². The van der Waals surface area contributed by atoms with Crippen LogP contribution in [0.1, 0.15) is 6.42 Å². The number of nitrogens with zero attached hydrogens (tertiary/aromatic N) is 2. The van der Waals surface area contributed by atoms with Gasteiger partial charge >= 0.3 is 0 Å². The molecule has 0 spiro atoms. The second kappa shape index (κ2) is 4.53. The molecule has 3 nitrogen and oxygen atoms in total. The van der Waals surface area contributed by atoms with Crippen molar-refractivity contribution in [3.8, 4) is 0 Å². The molecular weight excluding hydrogens is 186 g/mol. The Morgan fingerprint density at radius 3 is 2.67 bits per heavy atom. The zero-order valence-electron chi connectivity index (χ0n) is 9.32. The molecule has 82 valence electrons. The Hall–Kier alpha value is -1.22. The van der Waals surface area contributed by atoms with E-state index >= 15 is 0 Å². The molecule has 1 heterocycles. The van der Waals surface area contributed by atoms with E-state index in [0.29, 0.717) is 0 Å². The molecule has 1 aromatic rings. The number of anilines is 2. The van der Waals surface area contributed by atoms with Crippen LogP contribution >= 0.6 is 0 Å². The van der Waals surface area contributed by atoms with Gasteiger partial charge in [0, 0.05) is 19.6 Å². The van der Waals surface area contributed by atoms with Crippen molar-refractivity contribution in [1.29, 1.82) is 0 Å². The number of nitrogens with two attached hydrogens (primary N) is 1. The van der Waals surface area contributed by atoms with Gasteiger partial charge in [0.05, 0.1) is 11.4 Å². The van der Waals surface area contributed by atoms with Crippen LogP contribution in [0.25, 0.3) is 0 Å². The number of hydrogen-bond donors (Lipinski definition) is 1. The van der Waals surface area contributed by atoms with E-state index in [1.54, 1.807) is 0 Å². The Morgan fingerprint density at radius 1 is 1.07 bits per heavy atom. The van der Waals surface area contributed by atoms with Crippen molar-refractivity contribution in [2.24, 2.45) is 0 Å². The summed E-state index contributed by atoms with van der Waals surface area (Å²) < 4.78 is 0. The highest BCUT2D eigenvalue weighted by Gasteiger charge is 2.13. The first-order valence-corrected chi connectivity index (χ1v) is 5.55. The Balaban J connectivity index is 2.13. The fourth-order valence-corrected chi connectivity index (χ4v) is 2.06. The van der Waals surface area contributed by atoms with E-state index in [1.807, 2.05) is 12.1 Å². The lowest BCUT2D eigenvalue weighted by molar-refractivity contribution is 0.360. The van der Waals surface area contributed by atoms with Crippen LogP contribution in [0.15, 0.2) is 24.3 Å². The van der Waals surface area contributed by atoms with Crippen LogP contribution in [-0.4, -0.2) is 38.1 Å². The van der Waals surface area contributed by atoms with Crippen LogP contribution in [0.4, 0.5) is 11.4 Å². The van der Waals surface area contributed by atoms with E-state index in [0.717, 1.165) is 25.3 Å². The SMILES string of the molecule is CN1CCCN(c2ccccc2N)CC1. The van der Waals surface area contributed by atoms with Gasteiger partial charge in [-0.3, -0.25) is 0 Å². The van der Waals surface area contributed by atoms with Crippen LogP contribution in [-0.2, 0) is 0 Å². The summed E-state index contributed by atoms with van der Waals surface area (Å²) in [6, 6.07) is 8.13. The van der Waals surface area contributed by atoms with Gasteiger partial charge in [-0.15, -0.1) is 0 Å². The number of benzene rings is 1. The van der Waals surface area contributed by atoms with Gasteiger partial charge in [-0.2, -0.15) is 0 Å². The van der Waals surface area contributed by atoms with Crippen LogP contribution in [0, 0.1) is 0 Å². The first-order chi connectivity index (χ1) is 7.27. The smallest absolute Gasteiger partial charge is 0.0600 e. The summed E-state index contributed by atoms with van der Waals surface area (Å²) in [6.07, 6.45) is 1.21. The summed E-state index contributed by atoms with van der Waals surface area (Å²) in [5.41, 5.74) is 8.06. The van der Waals surface area contributed by atoms with Gasteiger partial charge < -0.3 is 15.5 Å². The van der Waals surface area contributed by atoms with Gasteiger partial charge in [0.1, 0.15) is 0 Å². The molecule has 0 radical (unpaired) electrons. The van der Waals surface area contributed by atoms with E-state index < -0.39 is 0 Å². The van der Waals surface area contributed by atoms with Gasteiger partial charge in [-0.05, 0) is 32.1 Å². The second-order valence-corrected chi connectivity index (χ2v) is 4.20. The summed E-state index contributed by atoms with van der Waals surface area (Å²) in [7, 11) is 2.18. The summed E-state index contributed by atoms with van der Waals surface area (Å²) >= 11 is 0. The average Bonchev–Trinajstić information content (AvgIpc) is 2.44. The molecular formula is C12H19N3. The summed E-state index contributed by atoms with van der Waals surface area (Å²) in [5.74, 6) is 0. The Morgan fingerprint density at radius 2 is 1.87 bits per heavy atom. The third-order valence-corrected chi connectivity index (χ3v) is 3.00. The number of likely N-dealkylation sites (N-methyl/N-ethyl adjacent to an activating group) is 1. The monoisotopic (exact) mass is 205 g/mol. The summed E-state index contributed by atoms with van der Waals surface area (Å²) in [6.45, 7) is 4.49. The quantitative estimate of drug-likeness (QED) is 0.704. The van der Waals surface area contributed by atoms with Gasteiger partial charge in [0.2, 0.25) is 0 Å². The van der Waals surface area contributed by atoms with E-state index in [2.05, 4.69) is 29.0 Å². The highest BCUT2D eigenvalue weighted by molar-refractivity contribution is 5.67. The average molecular weight is 205 g/mol. The van der Waals surface area contributed by atoms with Crippen LogP contribution < -0.4 is 10.6 Å². The molecule has 15 heavy (non-hydrogen) atoms. The fraction of sp³-hybridized carbons (Fsp3) is 0.500. The van der Waals surface area contributed by atoms with Crippen molar-refractivity contribution < 1.29 is 0 Å². The third-order valence-electron chi connectivity index (χ3n) is 3.00. The van der Waals surface area contributed by atoms with Gasteiger partial charge in [0.25, 0.3) is 0 Å². The highest BCUT2D eigenvalue weighted by Crippen LogP contribution is 2.23. The summed E-state index contributed by atoms with van der Waals surface area (Å²) in [4.78, 5) is 4.76. The van der Waals surface area contributed by atoms with Crippen LogP contribution in [0.3, 0.4) is 0 Å². The maximum Gasteiger partial charge on any atom is 0.0600 e. The molecule has 2 N–H and O–H groups in total. The highest BCUT2D eigenvalue weighted by atomic mass is 15.2.